The molecule has 0 spiro atoms. The third-order valence-electron chi connectivity index (χ3n) is 4.69. The van der Waals surface area contributed by atoms with E-state index in [0.717, 1.165) is 41.6 Å². The first-order chi connectivity index (χ1) is 12.2. The Labute approximate surface area is 145 Å². The number of nitrogens with zero attached hydrogens (tertiary/aromatic N) is 5. The second-order valence-corrected chi connectivity index (χ2v) is 6.92. The fourth-order valence-corrected chi connectivity index (χ4v) is 3.27. The third-order valence-corrected chi connectivity index (χ3v) is 4.69. The lowest BCUT2D eigenvalue weighted by Crippen LogP contribution is -2.08. The Morgan fingerprint density at radius 3 is 2.92 bits per heavy atom. The number of hydrogen-bond acceptors (Lipinski definition) is 6. The van der Waals surface area contributed by atoms with Crippen molar-refractivity contribution in [3.05, 3.63) is 29.8 Å². The molecule has 7 nitrogen and oxygen atoms in total. The quantitative estimate of drug-likeness (QED) is 0.788. The minimum Gasteiger partial charge on any atom is -0.367 e. The summed E-state index contributed by atoms with van der Waals surface area (Å²) in [6, 6.07) is 4.52. The molecule has 128 valence electrons. The van der Waals surface area contributed by atoms with Crippen LogP contribution in [0, 0.1) is 6.92 Å². The molecule has 3 aromatic heterocycles. The van der Waals surface area contributed by atoms with Crippen molar-refractivity contribution in [3.8, 4) is 23.0 Å². The number of fused-ring (bicyclic) bond motifs is 1. The third kappa shape index (κ3) is 2.90. The van der Waals surface area contributed by atoms with Crippen LogP contribution >= 0.6 is 0 Å². The van der Waals surface area contributed by atoms with Gasteiger partial charge in [-0.1, -0.05) is 5.16 Å². The van der Waals surface area contributed by atoms with E-state index >= 15 is 0 Å². The lowest BCUT2D eigenvalue weighted by Gasteiger charge is -2.11. The van der Waals surface area contributed by atoms with Crippen LogP contribution in [-0.2, 0) is 13.0 Å². The zero-order chi connectivity index (χ0) is 16.8. The second-order valence-electron chi connectivity index (χ2n) is 6.92. The molecule has 5 rings (SSSR count). The Balaban J connectivity index is 1.46. The van der Waals surface area contributed by atoms with Crippen LogP contribution in [0.5, 0.6) is 0 Å². The van der Waals surface area contributed by atoms with Crippen LogP contribution in [0.1, 0.15) is 37.2 Å². The van der Waals surface area contributed by atoms with Gasteiger partial charge in [0, 0.05) is 36.5 Å². The van der Waals surface area contributed by atoms with Crippen molar-refractivity contribution < 1.29 is 4.52 Å². The monoisotopic (exact) mass is 336 g/mol. The van der Waals surface area contributed by atoms with Crippen LogP contribution in [0.4, 0.5) is 5.82 Å². The van der Waals surface area contributed by atoms with Crippen molar-refractivity contribution in [3.63, 3.8) is 0 Å². The number of aryl methyl sites for hydroxylation is 3. The molecule has 0 aromatic carbocycles. The maximum Gasteiger partial charge on any atom is 0.278 e. The van der Waals surface area contributed by atoms with Gasteiger partial charge >= 0.3 is 0 Å². The van der Waals surface area contributed by atoms with Crippen molar-refractivity contribution in [1.29, 1.82) is 0 Å². The van der Waals surface area contributed by atoms with Gasteiger partial charge in [-0.25, -0.2) is 9.97 Å². The molecule has 0 atom stereocenters. The largest absolute Gasteiger partial charge is 0.367 e. The highest BCUT2D eigenvalue weighted by atomic mass is 16.5. The fraction of sp³-hybridized carbons (Fsp3) is 0.444. The molecule has 7 heteroatoms. The van der Waals surface area contributed by atoms with E-state index < -0.39 is 0 Å². The van der Waals surface area contributed by atoms with Gasteiger partial charge in [-0.05, 0) is 44.7 Å². The first-order valence-corrected chi connectivity index (χ1v) is 8.90. The number of rotatable bonds is 4. The summed E-state index contributed by atoms with van der Waals surface area (Å²) in [5, 5.41) is 7.58. The lowest BCUT2D eigenvalue weighted by atomic mass is 10.2. The standard InChI is InChI=1S/C18H20N6O/c1-11-8-12(9-15(19-11)20-13-5-6-13)17-22-18(25-23-17)14-10-24-7-3-2-4-16(24)21-14/h8-10,13H,2-7H2,1H3,(H,19,20). The second kappa shape index (κ2) is 5.68. The van der Waals surface area contributed by atoms with Crippen LogP contribution in [0.15, 0.2) is 22.9 Å². The van der Waals surface area contributed by atoms with Gasteiger partial charge in [0.2, 0.25) is 5.82 Å². The number of nitrogens with one attached hydrogen (secondary N) is 1. The normalized spacial score (nSPS) is 16.7. The van der Waals surface area contributed by atoms with Crippen LogP contribution in [0.2, 0.25) is 0 Å². The number of aromatic nitrogens is 5. The molecule has 0 radical (unpaired) electrons. The first-order valence-electron chi connectivity index (χ1n) is 8.90. The number of anilines is 1. The maximum absolute atomic E-state index is 5.48. The maximum atomic E-state index is 5.48. The smallest absolute Gasteiger partial charge is 0.278 e. The van der Waals surface area contributed by atoms with Crippen molar-refractivity contribution >= 4 is 5.82 Å². The molecule has 0 unspecified atom stereocenters. The van der Waals surface area contributed by atoms with E-state index in [2.05, 4.69) is 30.0 Å². The van der Waals surface area contributed by atoms with E-state index in [9.17, 15) is 0 Å². The molecule has 1 aliphatic heterocycles. The number of pyridine rings is 1. The molecule has 0 amide bonds. The Hall–Kier alpha value is -2.70. The SMILES string of the molecule is Cc1cc(-c2noc(-c3cn4c(n3)CCCC4)n2)cc(NC2CC2)n1. The highest BCUT2D eigenvalue weighted by Gasteiger charge is 2.22. The van der Waals surface area contributed by atoms with E-state index in [1.54, 1.807) is 0 Å². The molecule has 1 fully saturated rings. The number of hydrogen-bond donors (Lipinski definition) is 1. The van der Waals surface area contributed by atoms with Gasteiger partial charge in [-0.15, -0.1) is 0 Å². The summed E-state index contributed by atoms with van der Waals surface area (Å²) in [6.07, 6.45) is 7.85. The molecule has 4 heterocycles. The van der Waals surface area contributed by atoms with Crippen LogP contribution in [-0.4, -0.2) is 30.7 Å². The highest BCUT2D eigenvalue weighted by Crippen LogP contribution is 2.28. The van der Waals surface area contributed by atoms with E-state index in [4.69, 9.17) is 4.52 Å². The van der Waals surface area contributed by atoms with Gasteiger partial charge in [0.05, 0.1) is 0 Å². The van der Waals surface area contributed by atoms with E-state index in [-0.39, 0.29) is 0 Å². The Morgan fingerprint density at radius 1 is 1.16 bits per heavy atom. The summed E-state index contributed by atoms with van der Waals surface area (Å²) in [5.74, 6) is 3.03. The minimum atomic E-state index is 0.475. The van der Waals surface area contributed by atoms with Crippen LogP contribution < -0.4 is 5.32 Å². The molecule has 1 aliphatic carbocycles. The van der Waals surface area contributed by atoms with Crippen LogP contribution in [0.3, 0.4) is 0 Å². The predicted octanol–water partition coefficient (Wildman–Crippen LogP) is 3.21. The Morgan fingerprint density at radius 2 is 2.08 bits per heavy atom. The summed E-state index contributed by atoms with van der Waals surface area (Å²) in [5.41, 5.74) is 2.61. The molecule has 0 bridgehead atoms. The highest BCUT2D eigenvalue weighted by molar-refractivity contribution is 5.62. The van der Waals surface area contributed by atoms with Crippen molar-refractivity contribution in [2.45, 2.75) is 51.6 Å². The van der Waals surface area contributed by atoms with Gasteiger partial charge < -0.3 is 14.4 Å². The zero-order valence-electron chi connectivity index (χ0n) is 14.2. The van der Waals surface area contributed by atoms with E-state index in [0.29, 0.717) is 17.8 Å². The first kappa shape index (κ1) is 14.6. The van der Waals surface area contributed by atoms with Gasteiger partial charge in [0.1, 0.15) is 17.3 Å². The Bertz CT molecular complexity index is 900. The van der Waals surface area contributed by atoms with Crippen molar-refractivity contribution in [2.75, 3.05) is 5.32 Å². The zero-order valence-corrected chi connectivity index (χ0v) is 14.2. The summed E-state index contributed by atoms with van der Waals surface area (Å²) in [4.78, 5) is 13.8. The lowest BCUT2D eigenvalue weighted by molar-refractivity contribution is 0.431. The molecule has 1 N–H and O–H groups in total. The fourth-order valence-electron chi connectivity index (χ4n) is 3.27. The van der Waals surface area contributed by atoms with Gasteiger partial charge in [-0.3, -0.25) is 0 Å². The summed E-state index contributed by atoms with van der Waals surface area (Å²) in [6.45, 7) is 3.00. The molecule has 25 heavy (non-hydrogen) atoms. The van der Waals surface area contributed by atoms with Crippen molar-refractivity contribution in [2.24, 2.45) is 0 Å². The average Bonchev–Trinajstić information content (AvgIpc) is 3.13. The molecular weight excluding hydrogens is 316 g/mol. The van der Waals surface area contributed by atoms with E-state index in [1.807, 2.05) is 25.3 Å². The molecule has 0 saturated heterocycles. The summed E-state index contributed by atoms with van der Waals surface area (Å²) >= 11 is 0. The van der Waals surface area contributed by atoms with Crippen molar-refractivity contribution in [1.82, 2.24) is 24.7 Å². The molecule has 1 saturated carbocycles. The van der Waals surface area contributed by atoms with Gasteiger partial charge in [0.25, 0.3) is 5.89 Å². The van der Waals surface area contributed by atoms with E-state index in [1.165, 1.54) is 25.7 Å². The Kier molecular flexibility index (Phi) is 3.33. The summed E-state index contributed by atoms with van der Waals surface area (Å²) in [7, 11) is 0. The summed E-state index contributed by atoms with van der Waals surface area (Å²) < 4.78 is 7.67. The van der Waals surface area contributed by atoms with Gasteiger partial charge in [-0.2, -0.15) is 4.98 Å². The molecule has 3 aromatic rings. The predicted molar refractivity (Wildman–Crippen MR) is 93.1 cm³/mol. The average molecular weight is 336 g/mol. The minimum absolute atomic E-state index is 0.475. The number of imidazole rings is 1. The molecule has 2 aliphatic rings. The van der Waals surface area contributed by atoms with Crippen LogP contribution in [0.25, 0.3) is 23.0 Å². The van der Waals surface area contributed by atoms with Gasteiger partial charge in [0.15, 0.2) is 0 Å². The topological polar surface area (TPSA) is 81.7 Å². The molecular formula is C18H20N6O.